The van der Waals surface area contributed by atoms with Gasteiger partial charge in [-0.05, 0) is 49.9 Å². The zero-order chi connectivity index (χ0) is 16.4. The lowest BCUT2D eigenvalue weighted by Gasteiger charge is -2.38. The SMILES string of the molecule is CCCCC[N+](CCCCC)(c1ccccc1)c1ccccc1.[I-]. The normalized spacial score (nSPS) is 11.1. The van der Waals surface area contributed by atoms with Crippen molar-refractivity contribution in [1.82, 2.24) is 4.48 Å². The van der Waals surface area contributed by atoms with Gasteiger partial charge in [0.15, 0.2) is 0 Å². The number of halogens is 1. The fourth-order valence-electron chi connectivity index (χ4n) is 3.47. The van der Waals surface area contributed by atoms with Crippen LogP contribution in [0.5, 0.6) is 0 Å². The first-order chi connectivity index (χ1) is 11.3. The Labute approximate surface area is 165 Å². The van der Waals surface area contributed by atoms with Gasteiger partial charge in [0.05, 0.1) is 13.1 Å². The number of quaternary nitrogens is 1. The van der Waals surface area contributed by atoms with E-state index in [1.165, 1.54) is 63.0 Å². The number of nitrogens with zero attached hydrogens (tertiary/aromatic N) is 1. The Kier molecular flexibility index (Phi) is 10.3. The summed E-state index contributed by atoms with van der Waals surface area (Å²) < 4.78 is 1.00. The third-order valence-electron chi connectivity index (χ3n) is 4.79. The first-order valence-electron chi connectivity index (χ1n) is 9.32. The predicted molar refractivity (Wildman–Crippen MR) is 103 cm³/mol. The summed E-state index contributed by atoms with van der Waals surface area (Å²) in [4.78, 5) is 0. The molecule has 2 rings (SSSR count). The molecule has 0 aliphatic rings. The van der Waals surface area contributed by atoms with Crippen molar-refractivity contribution < 1.29 is 24.0 Å². The van der Waals surface area contributed by atoms with E-state index in [1.54, 1.807) is 0 Å². The van der Waals surface area contributed by atoms with Crippen molar-refractivity contribution >= 4 is 11.4 Å². The van der Waals surface area contributed by atoms with E-state index >= 15 is 0 Å². The van der Waals surface area contributed by atoms with Crippen LogP contribution < -0.4 is 28.5 Å². The molecular formula is C22H32IN. The summed E-state index contributed by atoms with van der Waals surface area (Å²) in [5.74, 6) is 0. The van der Waals surface area contributed by atoms with E-state index in [0.29, 0.717) is 0 Å². The lowest BCUT2D eigenvalue weighted by Crippen LogP contribution is -3.00. The molecule has 0 radical (unpaired) electrons. The van der Waals surface area contributed by atoms with Gasteiger partial charge in [0, 0.05) is 0 Å². The second-order valence-corrected chi connectivity index (χ2v) is 6.50. The number of rotatable bonds is 10. The third kappa shape index (κ3) is 5.59. The topological polar surface area (TPSA) is 0 Å². The van der Waals surface area contributed by atoms with Crippen molar-refractivity contribution in [2.75, 3.05) is 13.1 Å². The maximum atomic E-state index is 2.31. The summed E-state index contributed by atoms with van der Waals surface area (Å²) in [6.07, 6.45) is 7.75. The smallest absolute Gasteiger partial charge is 0.137 e. The zero-order valence-electron chi connectivity index (χ0n) is 15.3. The first-order valence-corrected chi connectivity index (χ1v) is 9.32. The van der Waals surface area contributed by atoms with Crippen LogP contribution in [-0.2, 0) is 0 Å². The van der Waals surface area contributed by atoms with Crippen LogP contribution in [0.15, 0.2) is 60.7 Å². The van der Waals surface area contributed by atoms with Gasteiger partial charge in [-0.1, -0.05) is 63.1 Å². The molecule has 2 aromatic rings. The third-order valence-corrected chi connectivity index (χ3v) is 4.79. The zero-order valence-corrected chi connectivity index (χ0v) is 17.4. The van der Waals surface area contributed by atoms with Gasteiger partial charge in [0.25, 0.3) is 0 Å². The second-order valence-electron chi connectivity index (χ2n) is 6.50. The summed E-state index contributed by atoms with van der Waals surface area (Å²) in [5.41, 5.74) is 2.87. The van der Waals surface area contributed by atoms with E-state index in [0.717, 1.165) is 4.48 Å². The van der Waals surface area contributed by atoms with Gasteiger partial charge < -0.3 is 24.0 Å². The molecule has 0 unspecified atom stereocenters. The molecule has 2 aromatic carbocycles. The van der Waals surface area contributed by atoms with Gasteiger partial charge in [0.1, 0.15) is 11.4 Å². The molecule has 0 heterocycles. The fraction of sp³-hybridized carbons (Fsp3) is 0.455. The molecule has 0 bridgehead atoms. The fourth-order valence-corrected chi connectivity index (χ4v) is 3.47. The Bertz CT molecular complexity index is 487. The van der Waals surface area contributed by atoms with Crippen molar-refractivity contribution in [3.63, 3.8) is 0 Å². The quantitative estimate of drug-likeness (QED) is 0.302. The first kappa shape index (κ1) is 21.2. The number of para-hydroxylation sites is 2. The molecule has 0 saturated carbocycles. The van der Waals surface area contributed by atoms with Crippen molar-refractivity contribution in [3.05, 3.63) is 60.7 Å². The van der Waals surface area contributed by atoms with Crippen LogP contribution in [0.4, 0.5) is 11.4 Å². The van der Waals surface area contributed by atoms with Gasteiger partial charge >= 0.3 is 0 Å². The summed E-state index contributed by atoms with van der Waals surface area (Å²) in [6.45, 7) is 6.98. The Morgan fingerprint density at radius 3 is 1.29 bits per heavy atom. The monoisotopic (exact) mass is 437 g/mol. The van der Waals surface area contributed by atoms with Crippen LogP contribution in [0.25, 0.3) is 0 Å². The van der Waals surface area contributed by atoms with Crippen LogP contribution in [0.1, 0.15) is 52.4 Å². The summed E-state index contributed by atoms with van der Waals surface area (Å²) in [5, 5.41) is 0. The Hall–Kier alpha value is -0.870. The molecule has 0 fully saturated rings. The summed E-state index contributed by atoms with van der Waals surface area (Å²) in [7, 11) is 0. The van der Waals surface area contributed by atoms with Crippen LogP contribution in [0, 0.1) is 0 Å². The average molecular weight is 437 g/mol. The predicted octanol–water partition coefficient (Wildman–Crippen LogP) is 3.71. The van der Waals surface area contributed by atoms with E-state index in [-0.39, 0.29) is 24.0 Å². The van der Waals surface area contributed by atoms with E-state index in [9.17, 15) is 0 Å². The lowest BCUT2D eigenvalue weighted by molar-refractivity contribution is -0.00000482. The molecule has 1 nitrogen and oxygen atoms in total. The van der Waals surface area contributed by atoms with E-state index in [2.05, 4.69) is 74.5 Å². The molecule has 0 amide bonds. The summed E-state index contributed by atoms with van der Waals surface area (Å²) >= 11 is 0. The van der Waals surface area contributed by atoms with Gasteiger partial charge in [-0.15, -0.1) is 0 Å². The number of unbranched alkanes of at least 4 members (excludes halogenated alkanes) is 4. The minimum atomic E-state index is 0. The molecule has 24 heavy (non-hydrogen) atoms. The Balaban J connectivity index is 0.00000288. The standard InChI is InChI=1S/C22H32N.HI/c1-3-5-13-19-23(20-14-6-4-2,21-15-9-7-10-16-21)22-17-11-8-12-18-22;/h7-12,15-18H,3-6,13-14,19-20H2,1-2H3;1H/q+1;/p-1. The molecule has 0 aliphatic heterocycles. The van der Waals surface area contributed by atoms with Gasteiger partial charge in [0.2, 0.25) is 0 Å². The molecule has 0 spiro atoms. The highest BCUT2D eigenvalue weighted by Crippen LogP contribution is 2.35. The molecular weight excluding hydrogens is 405 g/mol. The Morgan fingerprint density at radius 1 is 0.583 bits per heavy atom. The molecule has 0 atom stereocenters. The highest BCUT2D eigenvalue weighted by Gasteiger charge is 2.32. The molecule has 0 aromatic heterocycles. The Morgan fingerprint density at radius 2 is 0.958 bits per heavy atom. The van der Waals surface area contributed by atoms with Gasteiger partial charge in [-0.3, -0.25) is 4.48 Å². The molecule has 0 aliphatic carbocycles. The minimum Gasteiger partial charge on any atom is -1.00 e. The van der Waals surface area contributed by atoms with Gasteiger partial charge in [-0.25, -0.2) is 0 Å². The van der Waals surface area contributed by atoms with Crippen LogP contribution >= 0.6 is 0 Å². The molecule has 0 N–H and O–H groups in total. The highest BCUT2D eigenvalue weighted by atomic mass is 127. The molecule has 132 valence electrons. The average Bonchev–Trinajstić information content (AvgIpc) is 2.62. The maximum absolute atomic E-state index is 2.31. The minimum absolute atomic E-state index is 0. The number of hydrogen-bond acceptors (Lipinski definition) is 0. The van der Waals surface area contributed by atoms with E-state index < -0.39 is 0 Å². The maximum Gasteiger partial charge on any atom is 0.137 e. The van der Waals surface area contributed by atoms with Crippen molar-refractivity contribution in [3.8, 4) is 0 Å². The van der Waals surface area contributed by atoms with Crippen LogP contribution in [-0.4, -0.2) is 13.1 Å². The van der Waals surface area contributed by atoms with Gasteiger partial charge in [-0.2, -0.15) is 0 Å². The van der Waals surface area contributed by atoms with Crippen molar-refractivity contribution in [2.24, 2.45) is 0 Å². The van der Waals surface area contributed by atoms with Crippen molar-refractivity contribution in [2.45, 2.75) is 52.4 Å². The molecule has 0 saturated heterocycles. The van der Waals surface area contributed by atoms with Crippen LogP contribution in [0.2, 0.25) is 0 Å². The highest BCUT2D eigenvalue weighted by molar-refractivity contribution is 5.58. The number of hydrogen-bond donors (Lipinski definition) is 0. The lowest BCUT2D eigenvalue weighted by atomic mass is 10.1. The molecule has 2 heteroatoms. The van der Waals surface area contributed by atoms with E-state index in [4.69, 9.17) is 0 Å². The largest absolute Gasteiger partial charge is 1.00 e. The van der Waals surface area contributed by atoms with E-state index in [1.807, 2.05) is 0 Å². The number of benzene rings is 2. The van der Waals surface area contributed by atoms with Crippen molar-refractivity contribution in [1.29, 1.82) is 0 Å². The summed E-state index contributed by atoms with van der Waals surface area (Å²) in [6, 6.07) is 22.2. The second kappa shape index (κ2) is 11.6. The van der Waals surface area contributed by atoms with Crippen LogP contribution in [0.3, 0.4) is 0 Å².